The fraction of sp³-hybridized carbons (Fsp3) is 0.196. The second kappa shape index (κ2) is 23.0. The Hall–Kier alpha value is -6.12. The molecule has 0 atom stereocenters. The molecule has 0 amide bonds. The van der Waals surface area contributed by atoms with Crippen LogP contribution in [0.1, 0.15) is 51.4 Å². The summed E-state index contributed by atoms with van der Waals surface area (Å²) in [6.45, 7) is 8.14. The van der Waals surface area contributed by atoms with Crippen molar-refractivity contribution >= 4 is 60.6 Å². The average Bonchev–Trinajstić information content (AvgIpc) is 3.38. The lowest BCUT2D eigenvalue weighted by Gasteiger charge is -2.20. The summed E-state index contributed by atoms with van der Waals surface area (Å²) in [4.78, 5) is 9.89. The highest BCUT2D eigenvalue weighted by Crippen LogP contribution is 2.44. The third kappa shape index (κ3) is 12.0. The monoisotopic (exact) mass is 1040 g/mol. The molecule has 69 heavy (non-hydrogen) atoms. The first-order valence-electron chi connectivity index (χ1n) is 21.8. The summed E-state index contributed by atoms with van der Waals surface area (Å²) in [5.74, 6) is 3.49. The third-order valence-corrected chi connectivity index (χ3v) is 15.9. The number of nitrogens with zero attached hydrogens (tertiary/aromatic N) is 1. The average molecular weight is 1050 g/mol. The van der Waals surface area contributed by atoms with Crippen LogP contribution in [0.5, 0.6) is 34.5 Å². The molecular formula is C56H54BrNO8S3. The Balaban J connectivity index is 0.000000164. The molecule has 2 aliphatic rings. The normalized spacial score (nSPS) is 12.2. The Kier molecular flexibility index (Phi) is 16.9. The SMILES string of the molecule is C=C(c1ccc2c(c1)Cc1ccccc1S2)c1cc(OC)c(OC)c(OC)c1.CC(=NCS(=O)(=O)c1ccc(C)cc1)c1ccc2c(c1)Cc1ccccc1S2.COc1cc(Br)cc(OC)c1OC. The molecule has 7 aromatic rings. The minimum atomic E-state index is -3.43. The van der Waals surface area contributed by atoms with Gasteiger partial charge >= 0.3 is 0 Å². The Morgan fingerprint density at radius 3 is 1.46 bits per heavy atom. The van der Waals surface area contributed by atoms with Crippen molar-refractivity contribution < 1.29 is 36.8 Å². The third-order valence-electron chi connectivity index (χ3n) is 11.5. The summed E-state index contributed by atoms with van der Waals surface area (Å²) in [7, 11) is 6.17. The quantitative estimate of drug-likeness (QED) is 0.110. The molecule has 0 bridgehead atoms. The number of halogens is 1. The lowest BCUT2D eigenvalue weighted by atomic mass is 9.95. The van der Waals surface area contributed by atoms with E-state index in [4.69, 9.17) is 28.4 Å². The zero-order chi connectivity index (χ0) is 49.2. The lowest BCUT2D eigenvalue weighted by molar-refractivity contribution is 0.324. The van der Waals surface area contributed by atoms with Gasteiger partial charge in [0.25, 0.3) is 0 Å². The number of fused-ring (bicyclic) bond motifs is 4. The number of hydrogen-bond donors (Lipinski definition) is 0. The van der Waals surface area contributed by atoms with Crippen LogP contribution in [0.2, 0.25) is 0 Å². The Morgan fingerprint density at radius 2 is 0.986 bits per heavy atom. The molecule has 0 fully saturated rings. The van der Waals surface area contributed by atoms with Gasteiger partial charge in [-0.3, -0.25) is 4.99 Å². The van der Waals surface area contributed by atoms with Crippen molar-refractivity contribution in [3.63, 3.8) is 0 Å². The zero-order valence-electron chi connectivity index (χ0n) is 39.8. The maximum Gasteiger partial charge on any atom is 0.203 e. The number of benzene rings is 7. The smallest absolute Gasteiger partial charge is 0.203 e. The van der Waals surface area contributed by atoms with Crippen molar-refractivity contribution in [3.8, 4) is 34.5 Å². The Morgan fingerprint density at radius 1 is 0.551 bits per heavy atom. The van der Waals surface area contributed by atoms with Crippen LogP contribution in [0.3, 0.4) is 0 Å². The second-order valence-electron chi connectivity index (χ2n) is 16.0. The number of hydrogen-bond acceptors (Lipinski definition) is 11. The fourth-order valence-corrected chi connectivity index (χ4v) is 11.3. The van der Waals surface area contributed by atoms with Gasteiger partial charge in [0.2, 0.25) is 11.5 Å². The van der Waals surface area contributed by atoms with Crippen molar-refractivity contribution in [2.24, 2.45) is 4.99 Å². The van der Waals surface area contributed by atoms with Gasteiger partial charge in [-0.15, -0.1) is 0 Å². The first-order valence-corrected chi connectivity index (χ1v) is 25.9. The second-order valence-corrected chi connectivity index (χ2v) is 21.0. The summed E-state index contributed by atoms with van der Waals surface area (Å²) in [5.41, 5.74) is 11.0. The molecule has 356 valence electrons. The van der Waals surface area contributed by atoms with E-state index in [1.807, 2.05) is 68.1 Å². The van der Waals surface area contributed by atoms with E-state index in [0.717, 1.165) is 50.9 Å². The first kappa shape index (κ1) is 50.7. The Labute approximate surface area is 423 Å². The van der Waals surface area contributed by atoms with Crippen LogP contribution < -0.4 is 28.4 Å². The molecule has 0 aromatic heterocycles. The molecular weight excluding hydrogens is 991 g/mol. The topological polar surface area (TPSA) is 102 Å². The van der Waals surface area contributed by atoms with Gasteiger partial charge in [0.15, 0.2) is 32.8 Å². The van der Waals surface area contributed by atoms with E-state index < -0.39 is 9.84 Å². The molecule has 7 aromatic carbocycles. The summed E-state index contributed by atoms with van der Waals surface area (Å²) in [6.07, 6.45) is 1.83. The van der Waals surface area contributed by atoms with Crippen molar-refractivity contribution in [1.29, 1.82) is 0 Å². The number of rotatable bonds is 12. The van der Waals surface area contributed by atoms with E-state index in [-0.39, 0.29) is 5.88 Å². The van der Waals surface area contributed by atoms with Gasteiger partial charge in [-0.05, 0) is 144 Å². The number of ether oxygens (including phenoxy) is 6. The van der Waals surface area contributed by atoms with Crippen molar-refractivity contribution in [2.45, 2.75) is 51.2 Å². The summed E-state index contributed by atoms with van der Waals surface area (Å²) < 4.78 is 57.8. The Bertz CT molecular complexity index is 3080. The van der Waals surface area contributed by atoms with Gasteiger partial charge in [-0.2, -0.15) is 0 Å². The molecule has 0 saturated carbocycles. The van der Waals surface area contributed by atoms with E-state index in [2.05, 4.69) is 106 Å². The molecule has 0 spiro atoms. The van der Waals surface area contributed by atoms with E-state index in [1.54, 1.807) is 66.6 Å². The molecule has 13 heteroatoms. The zero-order valence-corrected chi connectivity index (χ0v) is 43.9. The maximum atomic E-state index is 12.5. The molecule has 2 aliphatic heterocycles. The van der Waals surface area contributed by atoms with Crippen molar-refractivity contribution in [1.82, 2.24) is 0 Å². The number of aliphatic imine (C=N–C) groups is 1. The van der Waals surface area contributed by atoms with Gasteiger partial charge in [0, 0.05) is 29.8 Å². The number of aryl methyl sites for hydroxylation is 1. The summed E-state index contributed by atoms with van der Waals surface area (Å²) >= 11 is 6.96. The molecule has 0 saturated heterocycles. The van der Waals surface area contributed by atoms with Crippen LogP contribution in [0.25, 0.3) is 5.57 Å². The van der Waals surface area contributed by atoms with Gasteiger partial charge in [0.05, 0.1) is 47.6 Å². The standard InChI is InChI=1S/C24H22O3S.C23H21NO2S2.C9H11BrO3/c1-15(18-13-20(25-2)24(27-4)21(14-18)26-3)16-9-10-23-19(11-16)12-17-7-5-6-8-22(17)28-23;1-16-7-10-21(11-8-16)28(25,26)15-24-17(2)18-9-12-23-20(13-18)14-19-5-3-4-6-22(19)27-23;1-11-7-4-6(10)5-8(12-2)9(7)13-3/h5-11,13-14H,1,12H2,2-4H3;3-13H,14-15H2,1-2H3;4-5H,1-3H3. The van der Waals surface area contributed by atoms with E-state index in [9.17, 15) is 8.42 Å². The first-order chi connectivity index (χ1) is 33.3. The summed E-state index contributed by atoms with van der Waals surface area (Å²) in [6, 6.07) is 44.3. The number of sulfone groups is 1. The van der Waals surface area contributed by atoms with Crippen LogP contribution in [-0.4, -0.2) is 62.7 Å². The fourth-order valence-electron chi connectivity index (χ4n) is 7.76. The van der Waals surface area contributed by atoms with Crippen LogP contribution in [0.4, 0.5) is 0 Å². The van der Waals surface area contributed by atoms with Gasteiger partial charge in [-0.1, -0.05) is 112 Å². The molecule has 0 radical (unpaired) electrons. The van der Waals surface area contributed by atoms with Crippen LogP contribution in [0.15, 0.2) is 174 Å². The highest BCUT2D eigenvalue weighted by molar-refractivity contribution is 9.10. The largest absolute Gasteiger partial charge is 0.493 e. The molecule has 2 heterocycles. The minimum absolute atomic E-state index is 0.240. The molecule has 0 N–H and O–H groups in total. The predicted octanol–water partition coefficient (Wildman–Crippen LogP) is 13.6. The maximum absolute atomic E-state index is 12.5. The van der Waals surface area contributed by atoms with Gasteiger partial charge in [0.1, 0.15) is 5.88 Å². The van der Waals surface area contributed by atoms with E-state index >= 15 is 0 Å². The molecule has 9 rings (SSSR count). The lowest BCUT2D eigenvalue weighted by Crippen LogP contribution is -2.08. The minimum Gasteiger partial charge on any atom is -0.493 e. The van der Waals surface area contributed by atoms with Crippen molar-refractivity contribution in [2.75, 3.05) is 48.5 Å². The van der Waals surface area contributed by atoms with Crippen LogP contribution in [-0.2, 0) is 22.7 Å². The van der Waals surface area contributed by atoms with Crippen LogP contribution >= 0.6 is 39.5 Å². The highest BCUT2D eigenvalue weighted by Gasteiger charge is 2.21. The number of methoxy groups -OCH3 is 6. The van der Waals surface area contributed by atoms with Gasteiger partial charge in [-0.25, -0.2) is 8.42 Å². The molecule has 9 nitrogen and oxygen atoms in total. The van der Waals surface area contributed by atoms with Crippen molar-refractivity contribution in [3.05, 3.63) is 189 Å². The van der Waals surface area contributed by atoms with E-state index in [1.165, 1.54) is 41.8 Å². The summed E-state index contributed by atoms with van der Waals surface area (Å²) in [5, 5.41) is 0. The van der Waals surface area contributed by atoms with Gasteiger partial charge < -0.3 is 28.4 Å². The molecule has 0 aliphatic carbocycles. The predicted molar refractivity (Wildman–Crippen MR) is 283 cm³/mol. The van der Waals surface area contributed by atoms with E-state index in [0.29, 0.717) is 39.4 Å². The van der Waals surface area contributed by atoms with Crippen LogP contribution in [0, 0.1) is 6.92 Å². The highest BCUT2D eigenvalue weighted by atomic mass is 79.9. The molecule has 0 unspecified atom stereocenters.